The number of aryl methyl sites for hydroxylation is 1. The lowest BCUT2D eigenvalue weighted by Crippen LogP contribution is -2.19. The van der Waals surface area contributed by atoms with Gasteiger partial charge in [-0.05, 0) is 24.6 Å². The van der Waals surface area contributed by atoms with Gasteiger partial charge in [-0.2, -0.15) is 0 Å². The van der Waals surface area contributed by atoms with Crippen molar-refractivity contribution in [1.82, 2.24) is 0 Å². The molecule has 0 saturated carbocycles. The molecule has 0 fully saturated rings. The molecule has 8 heteroatoms. The lowest BCUT2D eigenvalue weighted by Gasteiger charge is -2.14. The van der Waals surface area contributed by atoms with Crippen LogP contribution in [0.25, 0.3) is 11.1 Å². The minimum atomic E-state index is -1.80. The summed E-state index contributed by atoms with van der Waals surface area (Å²) in [5.74, 6) is -9.66. The van der Waals surface area contributed by atoms with E-state index in [-0.39, 0.29) is 5.56 Å². The number of anilines is 1. The van der Waals surface area contributed by atoms with Crippen LogP contribution in [0.2, 0.25) is 0 Å². The molecule has 0 atom stereocenters. The van der Waals surface area contributed by atoms with Gasteiger partial charge in [0.2, 0.25) is 0 Å². The maximum atomic E-state index is 14.6. The summed E-state index contributed by atoms with van der Waals surface area (Å²) in [5, 5.41) is 10.8. The van der Waals surface area contributed by atoms with Gasteiger partial charge < -0.3 is 10.4 Å². The van der Waals surface area contributed by atoms with E-state index in [2.05, 4.69) is 0 Å². The lowest BCUT2D eigenvalue weighted by molar-refractivity contribution is 0.0692. The van der Waals surface area contributed by atoms with Crippen LogP contribution in [-0.2, 0) is 0 Å². The second-order valence-corrected chi connectivity index (χ2v) is 6.18. The number of carbonyl (C=O) groups is 2. The van der Waals surface area contributed by atoms with Crippen LogP contribution in [-0.4, -0.2) is 17.0 Å². The van der Waals surface area contributed by atoms with E-state index in [0.29, 0.717) is 5.56 Å². The molecule has 29 heavy (non-hydrogen) atoms. The minimum Gasteiger partial charge on any atom is -0.478 e. The van der Waals surface area contributed by atoms with Crippen molar-refractivity contribution in [3.63, 3.8) is 0 Å². The van der Waals surface area contributed by atoms with E-state index in [1.165, 1.54) is 30.3 Å². The van der Waals surface area contributed by atoms with Crippen molar-refractivity contribution >= 4 is 17.6 Å². The van der Waals surface area contributed by atoms with Gasteiger partial charge in [-0.15, -0.1) is 0 Å². The van der Waals surface area contributed by atoms with E-state index in [0.717, 1.165) is 12.1 Å². The highest BCUT2D eigenvalue weighted by atomic mass is 19.2. The average molecular weight is 403 g/mol. The number of carboxylic acid groups (broad SMARTS) is 1. The topological polar surface area (TPSA) is 66.4 Å². The maximum Gasteiger partial charge on any atom is 0.336 e. The van der Waals surface area contributed by atoms with E-state index in [4.69, 9.17) is 5.11 Å². The quantitative estimate of drug-likeness (QED) is 0.467. The fourth-order valence-electron chi connectivity index (χ4n) is 2.84. The molecule has 148 valence electrons. The van der Waals surface area contributed by atoms with Gasteiger partial charge in [-0.3, -0.25) is 4.79 Å². The van der Waals surface area contributed by atoms with Crippen LogP contribution in [0.4, 0.5) is 23.2 Å². The zero-order chi connectivity index (χ0) is 21.3. The zero-order valence-electron chi connectivity index (χ0n) is 14.9. The van der Waals surface area contributed by atoms with Crippen LogP contribution in [0.3, 0.4) is 0 Å². The number of halogens is 4. The van der Waals surface area contributed by atoms with E-state index in [1.807, 2.05) is 0 Å². The Kier molecular flexibility index (Phi) is 5.36. The fourth-order valence-corrected chi connectivity index (χ4v) is 2.84. The van der Waals surface area contributed by atoms with Crippen LogP contribution >= 0.6 is 0 Å². The number of rotatable bonds is 4. The average Bonchev–Trinajstić information content (AvgIpc) is 2.70. The minimum absolute atomic E-state index is 0.0769. The van der Waals surface area contributed by atoms with E-state index < -0.39 is 57.5 Å². The summed E-state index contributed by atoms with van der Waals surface area (Å²) < 4.78 is 58.1. The Balaban J connectivity index is 2.09. The second-order valence-electron chi connectivity index (χ2n) is 6.18. The van der Waals surface area contributed by atoms with Crippen molar-refractivity contribution in [2.45, 2.75) is 6.92 Å². The molecular weight excluding hydrogens is 390 g/mol. The number of aromatic carboxylic acids is 1. The number of benzene rings is 3. The smallest absolute Gasteiger partial charge is 0.336 e. The highest BCUT2D eigenvalue weighted by Crippen LogP contribution is 2.35. The zero-order valence-corrected chi connectivity index (χ0v) is 14.9. The maximum absolute atomic E-state index is 14.6. The van der Waals surface area contributed by atoms with E-state index >= 15 is 0 Å². The van der Waals surface area contributed by atoms with Crippen LogP contribution in [0.5, 0.6) is 0 Å². The van der Waals surface area contributed by atoms with Gasteiger partial charge in [-0.25, -0.2) is 22.4 Å². The predicted molar refractivity (Wildman–Crippen MR) is 97.8 cm³/mol. The molecule has 3 aromatic rings. The Labute approximate surface area is 162 Å². The summed E-state index contributed by atoms with van der Waals surface area (Å²) in [6.07, 6.45) is 0. The van der Waals surface area contributed by atoms with Crippen molar-refractivity contribution in [2.24, 2.45) is 0 Å². The Bertz CT molecular complexity index is 1120. The van der Waals surface area contributed by atoms with Gasteiger partial charge in [0.1, 0.15) is 5.69 Å². The molecule has 3 aromatic carbocycles. The summed E-state index contributed by atoms with van der Waals surface area (Å²) in [4.78, 5) is 23.5. The van der Waals surface area contributed by atoms with Gasteiger partial charge in [-0.1, -0.05) is 42.0 Å². The van der Waals surface area contributed by atoms with Gasteiger partial charge in [0.15, 0.2) is 23.3 Å². The molecule has 0 aliphatic carbocycles. The monoisotopic (exact) mass is 403 g/mol. The number of hydrogen-bond acceptors (Lipinski definition) is 2. The van der Waals surface area contributed by atoms with Crippen molar-refractivity contribution < 1.29 is 32.3 Å². The third kappa shape index (κ3) is 3.69. The number of carbonyl (C=O) groups excluding carboxylic acids is 1. The summed E-state index contributed by atoms with van der Waals surface area (Å²) >= 11 is 0. The summed E-state index contributed by atoms with van der Waals surface area (Å²) in [5.41, 5.74) is -2.59. The molecule has 3 rings (SSSR count). The normalized spacial score (nSPS) is 10.7. The third-order valence-electron chi connectivity index (χ3n) is 4.21. The molecule has 0 saturated heterocycles. The van der Waals surface area contributed by atoms with Crippen LogP contribution in [0.1, 0.15) is 26.3 Å². The molecule has 0 aliphatic rings. The highest BCUT2D eigenvalue weighted by Gasteiger charge is 2.28. The molecule has 0 aliphatic heterocycles. The highest BCUT2D eigenvalue weighted by molar-refractivity contribution is 6.10. The first-order chi connectivity index (χ1) is 13.7. The van der Waals surface area contributed by atoms with Crippen molar-refractivity contribution in [1.29, 1.82) is 0 Å². The molecule has 0 unspecified atom stereocenters. The standard InChI is InChI=1S/C21H13F4NO3/c1-10-5-4-6-11(9-10)14-15(22)17(24)19(18(25)16(14)23)26-20(27)12-7-2-3-8-13(12)21(28)29/h2-9H,1H3,(H,26,27)(H,28,29). The first-order valence-corrected chi connectivity index (χ1v) is 8.29. The summed E-state index contributed by atoms with van der Waals surface area (Å²) in [6, 6.07) is 10.6. The van der Waals surface area contributed by atoms with Crippen LogP contribution < -0.4 is 5.32 Å². The molecule has 1 amide bonds. The molecule has 0 aromatic heterocycles. The van der Waals surface area contributed by atoms with Gasteiger partial charge in [0.05, 0.1) is 16.7 Å². The molecular formula is C21H13F4NO3. The Morgan fingerprint density at radius 2 is 1.41 bits per heavy atom. The molecule has 0 bridgehead atoms. The van der Waals surface area contributed by atoms with Crippen LogP contribution in [0.15, 0.2) is 48.5 Å². The Hall–Kier alpha value is -3.68. The van der Waals surface area contributed by atoms with Crippen molar-refractivity contribution in [3.05, 3.63) is 88.5 Å². The van der Waals surface area contributed by atoms with E-state index in [9.17, 15) is 27.2 Å². The third-order valence-corrected chi connectivity index (χ3v) is 4.21. The first kappa shape index (κ1) is 20.1. The second kappa shape index (κ2) is 7.75. The number of hydrogen-bond donors (Lipinski definition) is 2. The van der Waals surface area contributed by atoms with Crippen molar-refractivity contribution in [3.8, 4) is 11.1 Å². The molecule has 0 spiro atoms. The molecule has 4 nitrogen and oxygen atoms in total. The van der Waals surface area contributed by atoms with E-state index in [1.54, 1.807) is 18.3 Å². The number of amides is 1. The Morgan fingerprint density at radius 1 is 0.828 bits per heavy atom. The number of nitrogens with one attached hydrogen (secondary N) is 1. The molecule has 2 N–H and O–H groups in total. The fraction of sp³-hybridized carbons (Fsp3) is 0.0476. The van der Waals surface area contributed by atoms with Gasteiger partial charge in [0.25, 0.3) is 5.91 Å². The summed E-state index contributed by atoms with van der Waals surface area (Å²) in [6.45, 7) is 1.64. The molecule has 0 radical (unpaired) electrons. The SMILES string of the molecule is Cc1cccc(-c2c(F)c(F)c(NC(=O)c3ccccc3C(=O)O)c(F)c2F)c1. The van der Waals surface area contributed by atoms with Crippen molar-refractivity contribution in [2.75, 3.05) is 5.32 Å². The summed E-state index contributed by atoms with van der Waals surface area (Å²) in [7, 11) is 0. The van der Waals surface area contributed by atoms with Crippen LogP contribution in [0, 0.1) is 30.2 Å². The predicted octanol–water partition coefficient (Wildman–Crippen LogP) is 5.17. The number of carboxylic acids is 1. The van der Waals surface area contributed by atoms with Gasteiger partial charge in [0, 0.05) is 0 Å². The molecule has 0 heterocycles. The Morgan fingerprint density at radius 3 is 1.97 bits per heavy atom. The largest absolute Gasteiger partial charge is 0.478 e. The van der Waals surface area contributed by atoms with Gasteiger partial charge >= 0.3 is 5.97 Å². The first-order valence-electron chi connectivity index (χ1n) is 8.29. The lowest BCUT2D eigenvalue weighted by atomic mass is 10.0.